The Morgan fingerprint density at radius 2 is 1.78 bits per heavy atom. The van der Waals surface area contributed by atoms with E-state index < -0.39 is 18.1 Å². The number of carboxylic acid groups (broad SMARTS) is 1. The second-order valence-electron chi connectivity index (χ2n) is 10.6. The van der Waals surface area contributed by atoms with Crippen LogP contribution in [0.4, 0.5) is 0 Å². The number of para-hydroxylation sites is 2. The van der Waals surface area contributed by atoms with Crippen molar-refractivity contribution in [1.82, 2.24) is 20.3 Å². The summed E-state index contributed by atoms with van der Waals surface area (Å²) in [4.78, 5) is 25.1. The lowest BCUT2D eigenvalue weighted by molar-refractivity contribution is -0.145. The summed E-state index contributed by atoms with van der Waals surface area (Å²) in [7, 11) is 0. The first-order valence-electron chi connectivity index (χ1n) is 14.0. The number of nitrogens with zero attached hydrogens (tertiary/aromatic N) is 4. The van der Waals surface area contributed by atoms with Gasteiger partial charge in [-0.25, -0.2) is 4.98 Å². The highest BCUT2D eigenvalue weighted by Crippen LogP contribution is 2.35. The zero-order valence-electron chi connectivity index (χ0n) is 24.6. The van der Waals surface area contributed by atoms with Gasteiger partial charge in [-0.1, -0.05) is 41.9 Å². The second-order valence-corrected chi connectivity index (χ2v) is 11.1. The number of ether oxygens (including phenoxy) is 2. The van der Waals surface area contributed by atoms with Gasteiger partial charge in [-0.15, -0.1) is 0 Å². The number of hydrogen-bond donors (Lipinski definition) is 3. The van der Waals surface area contributed by atoms with E-state index in [0.29, 0.717) is 33.2 Å². The summed E-state index contributed by atoms with van der Waals surface area (Å²) in [6, 6.07) is 20.6. The number of benzene rings is 3. The van der Waals surface area contributed by atoms with Crippen molar-refractivity contribution in [3.05, 3.63) is 112 Å². The lowest BCUT2D eigenvalue weighted by Crippen LogP contribution is -2.52. The zero-order valence-corrected chi connectivity index (χ0v) is 25.4. The molecule has 0 saturated heterocycles. The van der Waals surface area contributed by atoms with Gasteiger partial charge in [0.2, 0.25) is 0 Å². The van der Waals surface area contributed by atoms with Crippen LogP contribution in [0.5, 0.6) is 11.5 Å². The molecule has 228 valence electrons. The smallest absolute Gasteiger partial charge is 0.326 e. The van der Waals surface area contributed by atoms with Crippen molar-refractivity contribution in [3.63, 3.8) is 0 Å². The lowest BCUT2D eigenvalue weighted by Gasteiger charge is -2.25. The molecule has 0 fully saturated rings. The van der Waals surface area contributed by atoms with Crippen LogP contribution in [0.3, 0.4) is 0 Å². The molecular formula is C34H30ClN5O5. The van der Waals surface area contributed by atoms with Crippen LogP contribution in [0.15, 0.2) is 79.3 Å². The van der Waals surface area contributed by atoms with Crippen molar-refractivity contribution >= 4 is 28.6 Å². The molecule has 5 rings (SSSR count). The molecule has 10 nitrogen and oxygen atoms in total. The minimum absolute atomic E-state index is 0.0309. The third-order valence-corrected chi connectivity index (χ3v) is 7.74. The van der Waals surface area contributed by atoms with E-state index in [0.717, 1.165) is 33.4 Å². The van der Waals surface area contributed by atoms with E-state index in [2.05, 4.69) is 21.4 Å². The van der Waals surface area contributed by atoms with Gasteiger partial charge in [0.15, 0.2) is 0 Å². The Morgan fingerprint density at radius 1 is 1.00 bits per heavy atom. The van der Waals surface area contributed by atoms with E-state index in [9.17, 15) is 20.3 Å². The number of carboxylic acids is 1. The minimum atomic E-state index is -1.58. The molecule has 2 heterocycles. The number of aliphatic hydroxyl groups is 1. The van der Waals surface area contributed by atoms with E-state index in [4.69, 9.17) is 26.1 Å². The minimum Gasteiger partial charge on any atom is -0.488 e. The lowest BCUT2D eigenvalue weighted by atomic mass is 10.0. The average molecular weight is 624 g/mol. The molecule has 0 unspecified atom stereocenters. The highest BCUT2D eigenvalue weighted by molar-refractivity contribution is 6.32. The summed E-state index contributed by atoms with van der Waals surface area (Å²) in [6.07, 6.45) is 4.81. The van der Waals surface area contributed by atoms with Gasteiger partial charge in [0, 0.05) is 41.7 Å². The average Bonchev–Trinajstić information content (AvgIpc) is 3.06. The first-order chi connectivity index (χ1) is 21.7. The number of aromatic nitrogens is 3. The van der Waals surface area contributed by atoms with Crippen LogP contribution in [-0.4, -0.2) is 43.3 Å². The highest BCUT2D eigenvalue weighted by Gasteiger charge is 2.32. The zero-order chi connectivity index (χ0) is 32.0. The van der Waals surface area contributed by atoms with Crippen LogP contribution in [0.2, 0.25) is 5.02 Å². The van der Waals surface area contributed by atoms with Crippen molar-refractivity contribution in [2.24, 2.45) is 0 Å². The normalized spacial score (nSPS) is 12.3. The third kappa shape index (κ3) is 7.19. The fourth-order valence-corrected chi connectivity index (χ4v) is 4.84. The second kappa shape index (κ2) is 13.7. The van der Waals surface area contributed by atoms with Crippen molar-refractivity contribution < 1.29 is 24.5 Å². The standard InChI is InChI=1S/C34H30ClN5O5/c1-21-24(6-5-7-26(21)30-17-38-28-8-3-4-9-29(28)40-30)19-45-32-12-31(44-18-23-10-22(13-36)14-37-15-23)25(11-27(32)35)16-39-34(2,20-41)33(42)43/h3-12,14-15,17,39,41H,16,18-20H2,1-2H3,(H,42,43)/t34-/m1/s1. The van der Waals surface area contributed by atoms with Crippen molar-refractivity contribution in [2.45, 2.75) is 39.1 Å². The molecule has 0 aliphatic carbocycles. The molecule has 0 spiro atoms. The molecule has 0 radical (unpaired) electrons. The number of halogens is 1. The number of aliphatic carboxylic acids is 1. The Bertz CT molecular complexity index is 1910. The van der Waals surface area contributed by atoms with Crippen molar-refractivity contribution in [1.29, 1.82) is 5.26 Å². The van der Waals surface area contributed by atoms with Crippen LogP contribution >= 0.6 is 11.6 Å². The molecule has 0 aliphatic heterocycles. The Balaban J connectivity index is 1.40. The maximum atomic E-state index is 11.7. The van der Waals surface area contributed by atoms with Gasteiger partial charge in [0.1, 0.15) is 36.3 Å². The predicted octanol–water partition coefficient (Wildman–Crippen LogP) is 5.61. The van der Waals surface area contributed by atoms with E-state index >= 15 is 0 Å². The Labute approximate surface area is 264 Å². The summed E-state index contributed by atoms with van der Waals surface area (Å²) < 4.78 is 12.3. The molecule has 3 N–H and O–H groups in total. The summed E-state index contributed by atoms with van der Waals surface area (Å²) >= 11 is 6.65. The number of nitrogens with one attached hydrogen (secondary N) is 1. The van der Waals surface area contributed by atoms with Crippen LogP contribution < -0.4 is 14.8 Å². The quantitative estimate of drug-likeness (QED) is 0.160. The number of hydrogen-bond acceptors (Lipinski definition) is 9. The number of rotatable bonds is 12. The van der Waals surface area contributed by atoms with Gasteiger partial charge >= 0.3 is 5.97 Å². The molecule has 3 aromatic carbocycles. The first kappa shape index (κ1) is 31.3. The van der Waals surface area contributed by atoms with E-state index in [1.807, 2.05) is 49.4 Å². The van der Waals surface area contributed by atoms with Crippen LogP contribution in [0, 0.1) is 18.3 Å². The molecule has 0 amide bonds. The highest BCUT2D eigenvalue weighted by atomic mass is 35.5. The van der Waals surface area contributed by atoms with Crippen molar-refractivity contribution in [2.75, 3.05) is 6.61 Å². The molecule has 0 bridgehead atoms. The molecule has 5 aromatic rings. The third-order valence-electron chi connectivity index (χ3n) is 7.44. The summed E-state index contributed by atoms with van der Waals surface area (Å²) in [5, 5.41) is 31.6. The largest absolute Gasteiger partial charge is 0.488 e. The topological polar surface area (TPSA) is 150 Å². The summed E-state index contributed by atoms with van der Waals surface area (Å²) in [5.41, 5.74) is 5.25. The van der Waals surface area contributed by atoms with E-state index in [1.54, 1.807) is 30.6 Å². The van der Waals surface area contributed by atoms with Gasteiger partial charge in [-0.2, -0.15) is 5.26 Å². The maximum Gasteiger partial charge on any atom is 0.326 e. The Hall–Kier alpha value is -5.08. The molecular weight excluding hydrogens is 594 g/mol. The number of pyridine rings is 1. The van der Waals surface area contributed by atoms with Gasteiger partial charge in [-0.3, -0.25) is 20.1 Å². The van der Waals surface area contributed by atoms with Gasteiger partial charge in [-0.05, 0) is 49.2 Å². The number of fused-ring (bicyclic) bond motifs is 1. The summed E-state index contributed by atoms with van der Waals surface area (Å²) in [5.74, 6) is -0.463. The molecule has 1 atom stereocenters. The molecule has 0 aliphatic rings. The van der Waals surface area contributed by atoms with Crippen LogP contribution in [0.1, 0.15) is 34.7 Å². The molecule has 11 heteroatoms. The van der Waals surface area contributed by atoms with Crippen LogP contribution in [-0.2, 0) is 24.6 Å². The maximum absolute atomic E-state index is 11.7. The molecule has 0 saturated carbocycles. The Morgan fingerprint density at radius 3 is 2.53 bits per heavy atom. The monoisotopic (exact) mass is 623 g/mol. The number of aliphatic hydroxyl groups excluding tert-OH is 1. The van der Waals surface area contributed by atoms with Crippen molar-refractivity contribution in [3.8, 4) is 28.8 Å². The predicted molar refractivity (Wildman–Crippen MR) is 169 cm³/mol. The number of carbonyl (C=O) groups is 1. The van der Waals surface area contributed by atoms with Gasteiger partial charge < -0.3 is 19.7 Å². The molecule has 45 heavy (non-hydrogen) atoms. The fourth-order valence-electron chi connectivity index (χ4n) is 4.60. The van der Waals surface area contributed by atoms with Gasteiger partial charge in [0.25, 0.3) is 0 Å². The van der Waals surface area contributed by atoms with E-state index in [1.165, 1.54) is 13.1 Å². The van der Waals surface area contributed by atoms with Gasteiger partial charge in [0.05, 0.1) is 40.1 Å². The SMILES string of the molecule is Cc1c(COc2cc(OCc3cncc(C#N)c3)c(CN[C@](C)(CO)C(=O)O)cc2Cl)cccc1-c1cnc2ccccc2n1. The first-order valence-corrected chi connectivity index (χ1v) is 14.4. The Kier molecular flexibility index (Phi) is 9.54. The number of nitriles is 1. The molecule has 2 aromatic heterocycles. The fraction of sp³-hybridized carbons (Fsp3) is 0.206. The van der Waals surface area contributed by atoms with Crippen LogP contribution in [0.25, 0.3) is 22.3 Å². The summed E-state index contributed by atoms with van der Waals surface area (Å²) in [6.45, 7) is 3.08. The van der Waals surface area contributed by atoms with E-state index in [-0.39, 0.29) is 19.8 Å².